The summed E-state index contributed by atoms with van der Waals surface area (Å²) < 4.78 is 4.67. The Kier molecular flexibility index (Phi) is 7.79. The Balaban J connectivity index is 2.70. The lowest BCUT2D eigenvalue weighted by Gasteiger charge is -2.21. The normalized spacial score (nSPS) is 10.5. The average molecular weight is 313 g/mol. The van der Waals surface area contributed by atoms with E-state index >= 15 is 0 Å². The van der Waals surface area contributed by atoms with Gasteiger partial charge in [-0.25, -0.2) is 0 Å². The van der Waals surface area contributed by atoms with E-state index in [4.69, 9.17) is 11.6 Å². The van der Waals surface area contributed by atoms with Crippen LogP contribution in [0.4, 0.5) is 0 Å². The Bertz CT molecular complexity index is 480. The number of halogens is 1. The van der Waals surface area contributed by atoms with Gasteiger partial charge >= 0.3 is 5.97 Å². The molecule has 0 heterocycles. The van der Waals surface area contributed by atoms with Gasteiger partial charge in [-0.05, 0) is 18.1 Å². The van der Waals surface area contributed by atoms with Gasteiger partial charge < -0.3 is 10.1 Å². The molecular weight excluding hydrogens is 292 g/mol. The van der Waals surface area contributed by atoms with Gasteiger partial charge in [-0.1, -0.05) is 36.7 Å². The van der Waals surface area contributed by atoms with Gasteiger partial charge in [0.1, 0.15) is 0 Å². The maximum atomic E-state index is 11.8. The standard InChI is InChI=1S/C15H21ClN2O3/c1-3-8-17-14(19)10-18(11-15(20)21-2)9-12-6-4-5-7-13(12)16/h4-7H,3,8-11H2,1-2H3,(H,17,19). The summed E-state index contributed by atoms with van der Waals surface area (Å²) in [5, 5.41) is 3.40. The first-order chi connectivity index (χ1) is 10.1. The fraction of sp³-hybridized carbons (Fsp3) is 0.467. The van der Waals surface area contributed by atoms with Crippen molar-refractivity contribution in [3.8, 4) is 0 Å². The number of ether oxygens (including phenoxy) is 1. The van der Waals surface area contributed by atoms with Gasteiger partial charge in [0.25, 0.3) is 0 Å². The third-order valence-electron chi connectivity index (χ3n) is 2.87. The Labute approximate surface area is 130 Å². The third kappa shape index (κ3) is 6.60. The van der Waals surface area contributed by atoms with Gasteiger partial charge in [-0.15, -0.1) is 0 Å². The lowest BCUT2D eigenvalue weighted by Crippen LogP contribution is -2.40. The molecular formula is C15H21ClN2O3. The van der Waals surface area contributed by atoms with Crippen molar-refractivity contribution in [2.75, 3.05) is 26.7 Å². The van der Waals surface area contributed by atoms with E-state index in [9.17, 15) is 9.59 Å². The molecule has 0 saturated heterocycles. The molecule has 0 bridgehead atoms. The van der Waals surface area contributed by atoms with E-state index in [1.807, 2.05) is 25.1 Å². The van der Waals surface area contributed by atoms with Crippen LogP contribution in [0.15, 0.2) is 24.3 Å². The fourth-order valence-corrected chi connectivity index (χ4v) is 2.00. The van der Waals surface area contributed by atoms with Crippen LogP contribution in [0.5, 0.6) is 0 Å². The third-order valence-corrected chi connectivity index (χ3v) is 3.24. The van der Waals surface area contributed by atoms with Crippen molar-refractivity contribution in [3.05, 3.63) is 34.9 Å². The van der Waals surface area contributed by atoms with Gasteiger partial charge in [0.05, 0.1) is 20.2 Å². The van der Waals surface area contributed by atoms with E-state index in [2.05, 4.69) is 10.1 Å². The summed E-state index contributed by atoms with van der Waals surface area (Å²) in [5.74, 6) is -0.502. The first-order valence-corrected chi connectivity index (χ1v) is 7.23. The molecule has 0 aliphatic heterocycles. The van der Waals surface area contributed by atoms with Crippen LogP contribution < -0.4 is 5.32 Å². The smallest absolute Gasteiger partial charge is 0.319 e. The first kappa shape index (κ1) is 17.5. The quantitative estimate of drug-likeness (QED) is 0.744. The van der Waals surface area contributed by atoms with Crippen molar-refractivity contribution in [2.24, 2.45) is 0 Å². The van der Waals surface area contributed by atoms with Crippen LogP contribution in [0.1, 0.15) is 18.9 Å². The van der Waals surface area contributed by atoms with Crippen molar-refractivity contribution in [2.45, 2.75) is 19.9 Å². The summed E-state index contributed by atoms with van der Waals surface area (Å²) in [5.41, 5.74) is 0.867. The van der Waals surface area contributed by atoms with E-state index in [0.29, 0.717) is 18.1 Å². The molecule has 0 aliphatic rings. The van der Waals surface area contributed by atoms with E-state index in [1.165, 1.54) is 7.11 Å². The maximum absolute atomic E-state index is 11.8. The van der Waals surface area contributed by atoms with Gasteiger partial charge in [-0.2, -0.15) is 0 Å². The number of methoxy groups -OCH3 is 1. The van der Waals surface area contributed by atoms with Crippen LogP contribution in [0.3, 0.4) is 0 Å². The summed E-state index contributed by atoms with van der Waals surface area (Å²) in [6.07, 6.45) is 0.868. The second-order valence-corrected chi connectivity index (χ2v) is 5.07. The molecule has 5 nitrogen and oxygen atoms in total. The number of nitrogens with one attached hydrogen (secondary N) is 1. The van der Waals surface area contributed by atoms with Crippen molar-refractivity contribution in [1.29, 1.82) is 0 Å². The molecule has 0 unspecified atom stereocenters. The Morgan fingerprint density at radius 2 is 2.00 bits per heavy atom. The molecule has 1 N–H and O–H groups in total. The zero-order valence-corrected chi connectivity index (χ0v) is 13.2. The largest absolute Gasteiger partial charge is 0.468 e. The molecule has 0 saturated carbocycles. The second kappa shape index (κ2) is 9.37. The summed E-state index contributed by atoms with van der Waals surface area (Å²) in [7, 11) is 1.33. The molecule has 1 aromatic carbocycles. The van der Waals surface area contributed by atoms with Crippen molar-refractivity contribution >= 4 is 23.5 Å². The second-order valence-electron chi connectivity index (χ2n) is 4.66. The number of amides is 1. The summed E-state index contributed by atoms with van der Waals surface area (Å²) in [6, 6.07) is 7.36. The molecule has 0 atom stereocenters. The number of carbonyl (C=O) groups is 2. The zero-order valence-electron chi connectivity index (χ0n) is 12.4. The maximum Gasteiger partial charge on any atom is 0.319 e. The van der Waals surface area contributed by atoms with Crippen LogP contribution in [-0.4, -0.2) is 43.5 Å². The highest BCUT2D eigenvalue weighted by Gasteiger charge is 2.16. The van der Waals surface area contributed by atoms with E-state index in [1.54, 1.807) is 11.0 Å². The molecule has 1 rings (SSSR count). The lowest BCUT2D eigenvalue weighted by atomic mass is 10.2. The predicted molar refractivity (Wildman–Crippen MR) is 82.0 cm³/mol. The minimum absolute atomic E-state index is 0.0429. The molecule has 1 aromatic rings. The van der Waals surface area contributed by atoms with Crippen LogP contribution in [0, 0.1) is 0 Å². The van der Waals surface area contributed by atoms with Crippen LogP contribution in [0.2, 0.25) is 5.02 Å². The minimum atomic E-state index is -0.384. The van der Waals surface area contributed by atoms with Gasteiger partial charge in [0, 0.05) is 18.1 Å². The van der Waals surface area contributed by atoms with Gasteiger partial charge in [0.15, 0.2) is 0 Å². The number of carbonyl (C=O) groups excluding carboxylic acids is 2. The van der Waals surface area contributed by atoms with E-state index in [0.717, 1.165) is 12.0 Å². The van der Waals surface area contributed by atoms with E-state index < -0.39 is 0 Å². The monoisotopic (exact) mass is 312 g/mol. The predicted octanol–water partition coefficient (Wildman–Crippen LogP) is 1.84. The molecule has 1 amide bonds. The average Bonchev–Trinajstić information content (AvgIpc) is 2.47. The summed E-state index contributed by atoms with van der Waals surface area (Å²) in [6.45, 7) is 3.18. The van der Waals surface area contributed by atoms with Crippen molar-refractivity contribution < 1.29 is 14.3 Å². The Morgan fingerprint density at radius 1 is 1.29 bits per heavy atom. The molecule has 0 spiro atoms. The van der Waals surface area contributed by atoms with E-state index in [-0.39, 0.29) is 25.0 Å². The summed E-state index contributed by atoms with van der Waals surface area (Å²) in [4.78, 5) is 25.0. The SMILES string of the molecule is CCCNC(=O)CN(CC(=O)OC)Cc1ccccc1Cl. The highest BCUT2D eigenvalue weighted by atomic mass is 35.5. The number of esters is 1. The molecule has 0 aromatic heterocycles. The Morgan fingerprint density at radius 3 is 2.62 bits per heavy atom. The first-order valence-electron chi connectivity index (χ1n) is 6.86. The Hall–Kier alpha value is -1.59. The molecule has 0 fully saturated rings. The highest BCUT2D eigenvalue weighted by Crippen LogP contribution is 2.16. The molecule has 0 aliphatic carbocycles. The number of hydrogen-bond acceptors (Lipinski definition) is 4. The number of rotatable bonds is 8. The number of hydrogen-bond donors (Lipinski definition) is 1. The van der Waals surface area contributed by atoms with Crippen LogP contribution in [-0.2, 0) is 20.9 Å². The van der Waals surface area contributed by atoms with Crippen molar-refractivity contribution in [3.63, 3.8) is 0 Å². The van der Waals surface area contributed by atoms with Crippen LogP contribution >= 0.6 is 11.6 Å². The molecule has 0 radical (unpaired) electrons. The van der Waals surface area contributed by atoms with Gasteiger partial charge in [0.2, 0.25) is 5.91 Å². The highest BCUT2D eigenvalue weighted by molar-refractivity contribution is 6.31. The number of nitrogens with zero attached hydrogens (tertiary/aromatic N) is 1. The molecule has 116 valence electrons. The molecule has 6 heteroatoms. The zero-order chi connectivity index (χ0) is 15.7. The number of benzene rings is 1. The fourth-order valence-electron chi connectivity index (χ4n) is 1.81. The summed E-state index contributed by atoms with van der Waals surface area (Å²) >= 11 is 6.12. The van der Waals surface area contributed by atoms with Crippen LogP contribution in [0.25, 0.3) is 0 Å². The topological polar surface area (TPSA) is 58.6 Å². The van der Waals surface area contributed by atoms with Crippen molar-refractivity contribution in [1.82, 2.24) is 10.2 Å². The van der Waals surface area contributed by atoms with Gasteiger partial charge in [-0.3, -0.25) is 14.5 Å². The lowest BCUT2D eigenvalue weighted by molar-refractivity contribution is -0.142. The minimum Gasteiger partial charge on any atom is -0.468 e. The molecule has 21 heavy (non-hydrogen) atoms.